The zero-order valence-corrected chi connectivity index (χ0v) is 30.4. The number of aromatic nitrogens is 5. The zero-order chi connectivity index (χ0) is 35.0. The Morgan fingerprint density at radius 3 is 2.27 bits per heavy atom. The topological polar surface area (TPSA) is 136 Å². The maximum atomic E-state index is 11.6. The van der Waals surface area contributed by atoms with Crippen LogP contribution in [-0.2, 0) is 16.9 Å². The number of benzene rings is 2. The molecule has 0 radical (unpaired) electrons. The number of anilines is 2. The van der Waals surface area contributed by atoms with Gasteiger partial charge in [0.05, 0.1) is 19.9 Å². The van der Waals surface area contributed by atoms with Crippen molar-refractivity contribution in [2.75, 3.05) is 24.4 Å². The molecule has 0 aliphatic carbocycles. The Morgan fingerprint density at radius 2 is 1.69 bits per heavy atom. The van der Waals surface area contributed by atoms with Gasteiger partial charge in [-0.05, 0) is 39.9 Å². The average Bonchev–Trinajstić information content (AvgIpc) is 3.49. The Kier molecular flexibility index (Phi) is 11.5. The maximum absolute atomic E-state index is 11.6. The van der Waals surface area contributed by atoms with Crippen LogP contribution in [0.1, 0.15) is 58.2 Å². The molecule has 0 saturated carbocycles. The number of carboxylic acid groups (broad SMARTS) is 1. The first-order chi connectivity index (χ1) is 23.6. The summed E-state index contributed by atoms with van der Waals surface area (Å²) >= 11 is 6.03. The van der Waals surface area contributed by atoms with Gasteiger partial charge in [-0.25, -0.2) is 9.78 Å². The molecule has 0 aliphatic heterocycles. The highest BCUT2D eigenvalue weighted by Gasteiger charge is 2.50. The molecule has 0 bridgehead atoms. The molecule has 3 N–H and O–H groups in total. The van der Waals surface area contributed by atoms with E-state index in [2.05, 4.69) is 107 Å². The summed E-state index contributed by atoms with van der Waals surface area (Å²) in [5.41, 5.74) is 2.60. The van der Waals surface area contributed by atoms with E-state index in [1.54, 1.807) is 24.2 Å². The Balaban J connectivity index is 1.48. The fourth-order valence-corrected chi connectivity index (χ4v) is 11.1. The molecule has 0 spiro atoms. The Bertz CT molecular complexity index is 1810. The molecule has 0 fully saturated rings. The average molecular weight is 702 g/mol. The third-order valence-electron chi connectivity index (χ3n) is 8.55. The predicted octanol–water partition coefficient (Wildman–Crippen LogP) is 6.65. The van der Waals surface area contributed by atoms with Crippen LogP contribution in [0.15, 0.2) is 79.1 Å². The minimum atomic E-state index is -2.73. The van der Waals surface area contributed by atoms with Crippen molar-refractivity contribution in [1.82, 2.24) is 24.7 Å². The number of carbonyl (C=O) groups is 1. The third kappa shape index (κ3) is 8.04. The van der Waals surface area contributed by atoms with Gasteiger partial charge in [-0.1, -0.05) is 94.8 Å². The van der Waals surface area contributed by atoms with Crippen LogP contribution in [0.3, 0.4) is 0 Å². The van der Waals surface area contributed by atoms with E-state index in [9.17, 15) is 9.90 Å². The number of nitrogens with zero attached hydrogens (tertiary/aromatic N) is 5. The van der Waals surface area contributed by atoms with Crippen molar-refractivity contribution in [3.8, 4) is 5.75 Å². The van der Waals surface area contributed by atoms with Gasteiger partial charge in [0.2, 0.25) is 5.95 Å². The van der Waals surface area contributed by atoms with E-state index in [0.29, 0.717) is 47.2 Å². The highest BCUT2D eigenvalue weighted by molar-refractivity contribution is 6.99. The number of amides is 1. The van der Waals surface area contributed by atoms with Crippen LogP contribution < -0.4 is 25.7 Å². The van der Waals surface area contributed by atoms with Crippen molar-refractivity contribution < 1.29 is 19.1 Å². The molecule has 1 atom stereocenters. The Hall–Kier alpha value is -4.52. The van der Waals surface area contributed by atoms with Gasteiger partial charge >= 0.3 is 6.09 Å². The molecule has 5 rings (SSSR count). The number of alkyl halides is 1. The van der Waals surface area contributed by atoms with Crippen LogP contribution in [0.4, 0.5) is 16.6 Å². The van der Waals surface area contributed by atoms with Crippen LogP contribution >= 0.6 is 11.6 Å². The summed E-state index contributed by atoms with van der Waals surface area (Å²) < 4.78 is 14.6. The number of hydrogen-bond donors (Lipinski definition) is 3. The fraction of sp³-hybridized carbons (Fsp3) is 0.361. The summed E-state index contributed by atoms with van der Waals surface area (Å²) in [5, 5.41) is 22.3. The Labute approximate surface area is 293 Å². The first-order valence-corrected chi connectivity index (χ1v) is 18.9. The normalized spacial score (nSPS) is 12.5. The van der Waals surface area contributed by atoms with Crippen molar-refractivity contribution in [2.45, 2.75) is 70.5 Å². The second kappa shape index (κ2) is 15.8. The lowest BCUT2D eigenvalue weighted by Crippen LogP contribution is -2.66. The fourth-order valence-electron chi connectivity index (χ4n) is 6.34. The van der Waals surface area contributed by atoms with E-state index >= 15 is 0 Å². The van der Waals surface area contributed by atoms with Gasteiger partial charge in [0.1, 0.15) is 22.5 Å². The molecule has 1 unspecified atom stereocenters. The summed E-state index contributed by atoms with van der Waals surface area (Å²) in [6.45, 7) is 9.72. The molecule has 3 aromatic heterocycles. The van der Waals surface area contributed by atoms with Crippen molar-refractivity contribution in [1.29, 1.82) is 0 Å². The van der Waals surface area contributed by atoms with Crippen molar-refractivity contribution in [3.63, 3.8) is 0 Å². The first kappa shape index (κ1) is 35.8. The molecule has 1 amide bonds. The highest BCUT2D eigenvalue weighted by atomic mass is 35.5. The summed E-state index contributed by atoms with van der Waals surface area (Å²) in [6.07, 6.45) is 4.49. The van der Waals surface area contributed by atoms with Gasteiger partial charge in [-0.2, -0.15) is 10.1 Å². The van der Waals surface area contributed by atoms with Crippen LogP contribution in [0.5, 0.6) is 5.75 Å². The molecule has 3 heterocycles. The number of halogens is 1. The van der Waals surface area contributed by atoms with Gasteiger partial charge in [0, 0.05) is 24.7 Å². The minimum Gasteiger partial charge on any atom is -0.495 e. The number of hydrogen-bond acceptors (Lipinski definition) is 8. The summed E-state index contributed by atoms with van der Waals surface area (Å²) in [6, 6.07) is 23.0. The number of methoxy groups -OCH3 is 1. The van der Waals surface area contributed by atoms with E-state index in [-0.39, 0.29) is 23.6 Å². The number of ether oxygens (including phenoxy) is 1. The van der Waals surface area contributed by atoms with E-state index in [1.165, 1.54) is 10.4 Å². The summed E-state index contributed by atoms with van der Waals surface area (Å²) in [7, 11) is -1.14. The van der Waals surface area contributed by atoms with Gasteiger partial charge in [-0.15, -0.1) is 11.6 Å². The molecule has 11 nitrogen and oxygen atoms in total. The van der Waals surface area contributed by atoms with E-state index < -0.39 is 14.4 Å². The monoisotopic (exact) mass is 701 g/mol. The first-order valence-electron chi connectivity index (χ1n) is 16.4. The zero-order valence-electron chi connectivity index (χ0n) is 28.6. The van der Waals surface area contributed by atoms with E-state index in [4.69, 9.17) is 20.8 Å². The molecule has 2 aromatic carbocycles. The van der Waals surface area contributed by atoms with E-state index in [1.807, 2.05) is 18.2 Å². The summed E-state index contributed by atoms with van der Waals surface area (Å²) in [4.78, 5) is 25.2. The lowest BCUT2D eigenvalue weighted by molar-refractivity contribution is 0.209. The highest BCUT2D eigenvalue weighted by Crippen LogP contribution is 2.37. The molecular formula is C36H44ClN7O4Si. The van der Waals surface area contributed by atoms with Gasteiger partial charge in [0.25, 0.3) is 8.32 Å². The van der Waals surface area contributed by atoms with Gasteiger partial charge in [-0.3, -0.25) is 15.0 Å². The van der Waals surface area contributed by atoms with E-state index in [0.717, 1.165) is 18.4 Å². The van der Waals surface area contributed by atoms with Crippen molar-refractivity contribution >= 4 is 59.2 Å². The van der Waals surface area contributed by atoms with Gasteiger partial charge in [0.15, 0.2) is 5.82 Å². The number of rotatable bonds is 15. The lowest BCUT2D eigenvalue weighted by atomic mass is 10.1. The number of pyridine rings is 1. The third-order valence-corrected chi connectivity index (χ3v) is 13.9. The molecule has 0 aliphatic rings. The lowest BCUT2D eigenvalue weighted by Gasteiger charge is -2.43. The molecule has 49 heavy (non-hydrogen) atoms. The number of nitrogens with one attached hydrogen (secondary N) is 2. The summed E-state index contributed by atoms with van der Waals surface area (Å²) in [5.74, 6) is 1.33. The second-order valence-electron chi connectivity index (χ2n) is 12.9. The largest absolute Gasteiger partial charge is 0.495 e. The molecular weight excluding hydrogens is 658 g/mol. The molecule has 13 heteroatoms. The van der Waals surface area contributed by atoms with Gasteiger partial charge < -0.3 is 19.6 Å². The Morgan fingerprint density at radius 1 is 1.02 bits per heavy atom. The maximum Gasteiger partial charge on any atom is 0.411 e. The predicted molar refractivity (Wildman–Crippen MR) is 197 cm³/mol. The molecule has 0 saturated heterocycles. The second-order valence-corrected chi connectivity index (χ2v) is 17.5. The van der Waals surface area contributed by atoms with Crippen LogP contribution in [0, 0.1) is 0 Å². The van der Waals surface area contributed by atoms with Crippen molar-refractivity contribution in [2.24, 2.45) is 0 Å². The van der Waals surface area contributed by atoms with Crippen LogP contribution in [0.2, 0.25) is 5.04 Å². The van der Waals surface area contributed by atoms with Crippen LogP contribution in [0.25, 0.3) is 11.0 Å². The standard InChI is InChI=1S/C36H44ClN7O4Si/c1-6-13-26(18-19-48-49(36(2,3)4,27-14-9-7-10-15-27)28-16-11-8-12-17-28)40-33-32-29(41-34(42-33)43-35(45)46)23-39-44(32)24-30-31(47-5)20-25(21-37)22-38-30/h7-12,14-17,20,22-23,26H,6,13,18-19,21,24H2,1-5H3,(H,45,46)(H2,40,41,42,43). The molecule has 258 valence electrons. The minimum absolute atomic E-state index is 0.0389. The number of fused-ring (bicyclic) bond motifs is 1. The SMILES string of the molecule is CCCC(CCO[Si](c1ccccc1)(c1ccccc1)C(C)(C)C)Nc1nc(NC(=O)O)nc2cnn(Cc3ncc(CCl)cc3OC)c12. The smallest absolute Gasteiger partial charge is 0.411 e. The quantitative estimate of drug-likeness (QED) is 0.0809. The van der Waals surface area contributed by atoms with Crippen molar-refractivity contribution in [3.05, 3.63) is 90.4 Å². The molecule has 5 aromatic rings. The van der Waals surface area contributed by atoms with Crippen LogP contribution in [-0.4, -0.2) is 64.0 Å².